The quantitative estimate of drug-likeness (QED) is 0.709. The fourth-order valence-corrected chi connectivity index (χ4v) is 2.83. The van der Waals surface area contributed by atoms with Gasteiger partial charge in [0.1, 0.15) is 11.8 Å². The van der Waals surface area contributed by atoms with E-state index in [1.807, 2.05) is 0 Å². The van der Waals surface area contributed by atoms with Crippen molar-refractivity contribution < 1.29 is 18.3 Å². The number of rotatable bonds is 6. The van der Waals surface area contributed by atoms with Crippen molar-refractivity contribution in [2.75, 3.05) is 13.7 Å². The summed E-state index contributed by atoms with van der Waals surface area (Å²) in [6.45, 7) is -2.93. The van der Waals surface area contributed by atoms with Crippen LogP contribution in [0.1, 0.15) is 11.7 Å². The molecule has 0 aliphatic rings. The monoisotopic (exact) mass is 366 g/mol. The number of benzene rings is 1. The first-order chi connectivity index (χ1) is 12.4. The molecule has 3 rings (SSSR count). The summed E-state index contributed by atoms with van der Waals surface area (Å²) >= 11 is 0. The van der Waals surface area contributed by atoms with Gasteiger partial charge >= 0.3 is 12.3 Å². The highest BCUT2D eigenvalue weighted by Gasteiger charge is 2.22. The predicted octanol–water partition coefficient (Wildman–Crippen LogP) is 1.26. The fraction of sp³-hybridized carbons (Fsp3) is 0.312. The number of ether oxygens (including phenoxy) is 2. The van der Waals surface area contributed by atoms with Gasteiger partial charge in [-0.3, -0.25) is 9.48 Å². The van der Waals surface area contributed by atoms with Gasteiger partial charge in [-0.2, -0.15) is 13.9 Å². The van der Waals surface area contributed by atoms with Gasteiger partial charge in [-0.1, -0.05) is 0 Å². The lowest BCUT2D eigenvalue weighted by atomic mass is 10.2. The van der Waals surface area contributed by atoms with Crippen LogP contribution in [0.25, 0.3) is 10.9 Å². The third kappa shape index (κ3) is 3.23. The van der Waals surface area contributed by atoms with Crippen molar-refractivity contribution in [3.8, 4) is 5.75 Å². The Balaban J connectivity index is 2.18. The first-order valence-corrected chi connectivity index (χ1v) is 7.62. The standard InChI is InChI=1S/C16H16F2N4O4/c1-21-12(5-6-19-21)13(8-25-2)22-14(23)10-4-3-9(26-15(17)18)7-11(10)20-16(22)24/h3-7,13,15H,8H2,1-2H3,(H,20,24). The summed E-state index contributed by atoms with van der Waals surface area (Å²) in [5.74, 6) is -0.152. The van der Waals surface area contributed by atoms with Gasteiger partial charge in [0.25, 0.3) is 5.56 Å². The van der Waals surface area contributed by atoms with Crippen molar-refractivity contribution in [3.63, 3.8) is 0 Å². The maximum atomic E-state index is 12.9. The Bertz CT molecular complexity index is 1040. The van der Waals surface area contributed by atoms with Gasteiger partial charge in [-0.15, -0.1) is 0 Å². The first kappa shape index (κ1) is 17.8. The Labute approximate surface area is 145 Å². The van der Waals surface area contributed by atoms with Gasteiger partial charge in [-0.05, 0) is 18.2 Å². The number of halogens is 2. The number of alkyl halides is 2. The second kappa shape index (κ2) is 7.08. The molecule has 2 heterocycles. The van der Waals surface area contributed by atoms with Crippen molar-refractivity contribution >= 4 is 10.9 Å². The molecule has 0 aliphatic heterocycles. The minimum Gasteiger partial charge on any atom is -0.435 e. The minimum atomic E-state index is -3.00. The highest BCUT2D eigenvalue weighted by molar-refractivity contribution is 5.78. The molecule has 10 heteroatoms. The van der Waals surface area contributed by atoms with Crippen LogP contribution in [0.2, 0.25) is 0 Å². The zero-order valence-electron chi connectivity index (χ0n) is 14.0. The fourth-order valence-electron chi connectivity index (χ4n) is 2.83. The van der Waals surface area contributed by atoms with E-state index in [1.165, 1.54) is 25.3 Å². The number of fused-ring (bicyclic) bond motifs is 1. The molecular weight excluding hydrogens is 350 g/mol. The molecule has 0 fully saturated rings. The van der Waals surface area contributed by atoms with Crippen LogP contribution < -0.4 is 16.0 Å². The predicted molar refractivity (Wildman–Crippen MR) is 88.7 cm³/mol. The van der Waals surface area contributed by atoms with E-state index in [-0.39, 0.29) is 23.3 Å². The van der Waals surface area contributed by atoms with E-state index in [9.17, 15) is 18.4 Å². The molecular formula is C16H16F2N4O4. The van der Waals surface area contributed by atoms with Crippen LogP contribution in [0.15, 0.2) is 40.1 Å². The van der Waals surface area contributed by atoms with Crippen LogP contribution in [0, 0.1) is 0 Å². The smallest absolute Gasteiger partial charge is 0.387 e. The molecule has 1 atom stereocenters. The van der Waals surface area contributed by atoms with Gasteiger partial charge in [0, 0.05) is 26.4 Å². The van der Waals surface area contributed by atoms with E-state index in [0.29, 0.717) is 5.69 Å². The van der Waals surface area contributed by atoms with Crippen LogP contribution >= 0.6 is 0 Å². The van der Waals surface area contributed by atoms with Crippen molar-refractivity contribution in [1.82, 2.24) is 19.3 Å². The molecule has 3 aromatic rings. The Kier molecular flexibility index (Phi) is 4.85. The molecule has 26 heavy (non-hydrogen) atoms. The van der Waals surface area contributed by atoms with Crippen LogP contribution in [-0.2, 0) is 11.8 Å². The van der Waals surface area contributed by atoms with Crippen LogP contribution in [0.3, 0.4) is 0 Å². The average molecular weight is 366 g/mol. The molecule has 0 saturated carbocycles. The van der Waals surface area contributed by atoms with Gasteiger partial charge in [0.05, 0.1) is 23.2 Å². The number of hydrogen-bond acceptors (Lipinski definition) is 5. The Hall–Kier alpha value is -3.01. The zero-order chi connectivity index (χ0) is 18.8. The van der Waals surface area contributed by atoms with E-state index >= 15 is 0 Å². The molecule has 0 spiro atoms. The molecule has 0 aliphatic carbocycles. The number of H-pyrrole nitrogens is 1. The lowest BCUT2D eigenvalue weighted by molar-refractivity contribution is -0.0497. The second-order valence-electron chi connectivity index (χ2n) is 5.54. The molecule has 1 aromatic carbocycles. The summed E-state index contributed by atoms with van der Waals surface area (Å²) in [5.41, 5.74) is -0.553. The Morgan fingerprint density at radius 3 is 2.65 bits per heavy atom. The minimum absolute atomic E-state index is 0.0700. The number of methoxy groups -OCH3 is 1. The first-order valence-electron chi connectivity index (χ1n) is 7.62. The third-order valence-electron chi connectivity index (χ3n) is 3.96. The Morgan fingerprint density at radius 2 is 2.04 bits per heavy atom. The molecule has 0 amide bonds. The van der Waals surface area contributed by atoms with E-state index in [4.69, 9.17) is 4.74 Å². The number of aryl methyl sites for hydroxylation is 1. The summed E-state index contributed by atoms with van der Waals surface area (Å²) in [5, 5.41) is 4.21. The molecule has 1 N–H and O–H groups in total. The summed E-state index contributed by atoms with van der Waals surface area (Å²) in [6.07, 6.45) is 1.55. The summed E-state index contributed by atoms with van der Waals surface area (Å²) in [4.78, 5) is 27.9. The summed E-state index contributed by atoms with van der Waals surface area (Å²) in [7, 11) is 3.14. The van der Waals surface area contributed by atoms with Crippen LogP contribution in [0.4, 0.5) is 8.78 Å². The van der Waals surface area contributed by atoms with Gasteiger partial charge < -0.3 is 14.5 Å². The van der Waals surface area contributed by atoms with E-state index in [0.717, 1.165) is 4.57 Å². The molecule has 0 bridgehead atoms. The number of nitrogens with zero attached hydrogens (tertiary/aromatic N) is 3. The zero-order valence-corrected chi connectivity index (χ0v) is 14.0. The number of hydrogen-bond donors (Lipinski definition) is 1. The SMILES string of the molecule is COCC(c1ccnn1C)n1c(=O)[nH]c2cc(OC(F)F)ccc2c1=O. The van der Waals surface area contributed by atoms with Crippen molar-refractivity contribution in [2.45, 2.75) is 12.7 Å². The molecule has 0 saturated heterocycles. The van der Waals surface area contributed by atoms with Gasteiger partial charge in [0.15, 0.2) is 0 Å². The van der Waals surface area contributed by atoms with Crippen molar-refractivity contribution in [2.24, 2.45) is 7.05 Å². The van der Waals surface area contributed by atoms with Crippen molar-refractivity contribution in [3.05, 3.63) is 57.0 Å². The van der Waals surface area contributed by atoms with E-state index in [1.54, 1.807) is 24.0 Å². The molecule has 2 aromatic heterocycles. The van der Waals surface area contributed by atoms with E-state index < -0.39 is 23.9 Å². The van der Waals surface area contributed by atoms with Crippen LogP contribution in [-0.4, -0.2) is 39.7 Å². The molecule has 1 unspecified atom stereocenters. The average Bonchev–Trinajstić information content (AvgIpc) is 2.99. The van der Waals surface area contributed by atoms with Crippen LogP contribution in [0.5, 0.6) is 5.75 Å². The summed E-state index contributed by atoms with van der Waals surface area (Å²) in [6, 6.07) is 4.73. The van der Waals surface area contributed by atoms with E-state index in [2.05, 4.69) is 14.8 Å². The largest absolute Gasteiger partial charge is 0.435 e. The van der Waals surface area contributed by atoms with Gasteiger partial charge in [-0.25, -0.2) is 9.36 Å². The number of aromatic nitrogens is 4. The lowest BCUT2D eigenvalue weighted by Gasteiger charge is -2.19. The molecule has 138 valence electrons. The maximum absolute atomic E-state index is 12.9. The normalized spacial score (nSPS) is 12.7. The third-order valence-corrected chi connectivity index (χ3v) is 3.96. The number of aromatic amines is 1. The number of nitrogens with one attached hydrogen (secondary N) is 1. The Morgan fingerprint density at radius 1 is 1.27 bits per heavy atom. The maximum Gasteiger partial charge on any atom is 0.387 e. The van der Waals surface area contributed by atoms with Gasteiger partial charge in [0.2, 0.25) is 0 Å². The second-order valence-corrected chi connectivity index (χ2v) is 5.54. The highest BCUT2D eigenvalue weighted by atomic mass is 19.3. The molecule has 8 nitrogen and oxygen atoms in total. The summed E-state index contributed by atoms with van der Waals surface area (Å²) < 4.78 is 36.7. The van der Waals surface area contributed by atoms with Crippen molar-refractivity contribution in [1.29, 1.82) is 0 Å². The lowest BCUT2D eigenvalue weighted by Crippen LogP contribution is -2.40. The highest BCUT2D eigenvalue weighted by Crippen LogP contribution is 2.20. The topological polar surface area (TPSA) is 91.1 Å². The molecule has 0 radical (unpaired) electrons.